The van der Waals surface area contributed by atoms with Gasteiger partial charge in [0.15, 0.2) is 0 Å². The Kier molecular flexibility index (Phi) is 9.43. The largest absolute Gasteiger partial charge is 0.489 e. The minimum absolute atomic E-state index is 0.131. The topological polar surface area (TPSA) is 77.8 Å². The van der Waals surface area contributed by atoms with E-state index in [1.54, 1.807) is 13.2 Å². The van der Waals surface area contributed by atoms with Crippen molar-refractivity contribution >= 4 is 27.9 Å². The molecule has 40 heavy (non-hydrogen) atoms. The molecule has 4 aromatic rings. The fraction of sp³-hybridized carbons (Fsp3) is 0.344. The number of fused-ring (bicyclic) bond motifs is 1. The van der Waals surface area contributed by atoms with E-state index >= 15 is 0 Å². The highest BCUT2D eigenvalue weighted by molar-refractivity contribution is 7.84. The Morgan fingerprint density at radius 1 is 1.10 bits per heavy atom. The van der Waals surface area contributed by atoms with E-state index in [0.717, 1.165) is 33.2 Å². The summed E-state index contributed by atoms with van der Waals surface area (Å²) >= 11 is 0. The van der Waals surface area contributed by atoms with Gasteiger partial charge in [-0.05, 0) is 87.2 Å². The highest BCUT2D eigenvalue weighted by Gasteiger charge is 2.24. The van der Waals surface area contributed by atoms with Gasteiger partial charge in [0, 0.05) is 16.5 Å². The fourth-order valence-corrected chi connectivity index (χ4v) is 5.14. The van der Waals surface area contributed by atoms with Crippen LogP contribution in [0.3, 0.4) is 0 Å². The second-order valence-corrected chi connectivity index (χ2v) is 12.7. The Balaban J connectivity index is 1.63. The third kappa shape index (κ3) is 7.17. The summed E-state index contributed by atoms with van der Waals surface area (Å²) in [6.07, 6.45) is 1.77. The Morgan fingerprint density at radius 2 is 1.90 bits per heavy atom. The molecule has 1 N–H and O–H groups in total. The average Bonchev–Trinajstić information content (AvgIpc) is 3.39. The number of halogens is 1. The number of benzene rings is 3. The number of ether oxygens (including phenoxy) is 2. The maximum atomic E-state index is 14.1. The highest BCUT2D eigenvalue weighted by atomic mass is 32.2. The van der Waals surface area contributed by atoms with E-state index in [0.29, 0.717) is 23.5 Å². The Morgan fingerprint density at radius 3 is 2.62 bits per heavy atom. The van der Waals surface area contributed by atoms with Crippen LogP contribution in [0.1, 0.15) is 56.0 Å². The van der Waals surface area contributed by atoms with Crippen molar-refractivity contribution in [3.8, 4) is 16.9 Å². The van der Waals surface area contributed by atoms with E-state index in [1.165, 1.54) is 0 Å². The zero-order chi connectivity index (χ0) is 28.9. The van der Waals surface area contributed by atoms with Crippen molar-refractivity contribution in [2.24, 2.45) is 0 Å². The minimum Gasteiger partial charge on any atom is -0.489 e. The van der Waals surface area contributed by atoms with Crippen LogP contribution >= 0.6 is 0 Å². The molecule has 2 unspecified atom stereocenters. The number of carbonyl (C=O) groups excluding carboxylic acids is 1. The number of aryl methyl sites for hydroxylation is 1. The third-order valence-electron chi connectivity index (χ3n) is 6.43. The van der Waals surface area contributed by atoms with Gasteiger partial charge in [-0.25, -0.2) is 13.3 Å². The molecule has 6 nitrogen and oxygen atoms in total. The fourth-order valence-electron chi connectivity index (χ4n) is 4.33. The first-order chi connectivity index (χ1) is 19.1. The number of nitrogens with one attached hydrogen (secondary N) is 1. The van der Waals surface area contributed by atoms with Crippen LogP contribution < -0.4 is 9.46 Å². The van der Waals surface area contributed by atoms with E-state index in [4.69, 9.17) is 13.9 Å². The van der Waals surface area contributed by atoms with Gasteiger partial charge in [-0.1, -0.05) is 30.3 Å². The lowest BCUT2D eigenvalue weighted by Crippen LogP contribution is -2.36. The minimum atomic E-state index is -1.42. The van der Waals surface area contributed by atoms with E-state index in [-0.39, 0.29) is 19.0 Å². The van der Waals surface area contributed by atoms with Crippen molar-refractivity contribution in [3.05, 3.63) is 89.2 Å². The smallest absolute Gasteiger partial charge is 0.310 e. The van der Waals surface area contributed by atoms with Gasteiger partial charge in [0.25, 0.3) is 0 Å². The molecule has 8 heteroatoms. The van der Waals surface area contributed by atoms with Gasteiger partial charge in [0.05, 0.1) is 41.1 Å². The lowest BCUT2D eigenvalue weighted by atomic mass is 9.97. The molecule has 1 aromatic heterocycles. The molecule has 0 amide bonds. The van der Waals surface area contributed by atoms with E-state index in [2.05, 4.69) is 4.72 Å². The van der Waals surface area contributed by atoms with Crippen LogP contribution in [-0.4, -0.2) is 28.2 Å². The number of hydrogen-bond donors (Lipinski definition) is 1. The molecule has 212 valence electrons. The molecule has 0 saturated carbocycles. The van der Waals surface area contributed by atoms with Crippen LogP contribution in [-0.2, 0) is 33.5 Å². The van der Waals surface area contributed by atoms with Crippen LogP contribution in [0.25, 0.3) is 22.1 Å². The van der Waals surface area contributed by atoms with Crippen molar-refractivity contribution in [2.45, 2.75) is 58.4 Å². The summed E-state index contributed by atoms with van der Waals surface area (Å²) in [6, 6.07) is 18.5. The van der Waals surface area contributed by atoms with Gasteiger partial charge in [-0.3, -0.25) is 4.79 Å². The van der Waals surface area contributed by atoms with E-state index < -0.39 is 28.4 Å². The first-order valence-electron chi connectivity index (χ1n) is 13.3. The van der Waals surface area contributed by atoms with Crippen molar-refractivity contribution in [1.29, 1.82) is 0 Å². The number of alkyl halides is 1. The second kappa shape index (κ2) is 12.8. The summed E-state index contributed by atoms with van der Waals surface area (Å²) in [6.45, 7) is 9.20. The van der Waals surface area contributed by atoms with Crippen molar-refractivity contribution in [2.75, 3.05) is 13.3 Å². The van der Waals surface area contributed by atoms with Gasteiger partial charge >= 0.3 is 5.97 Å². The van der Waals surface area contributed by atoms with Crippen molar-refractivity contribution in [1.82, 2.24) is 4.72 Å². The van der Waals surface area contributed by atoms with Crippen LogP contribution in [0.5, 0.6) is 5.75 Å². The van der Waals surface area contributed by atoms with Crippen LogP contribution in [0.4, 0.5) is 4.39 Å². The second-order valence-electron chi connectivity index (χ2n) is 10.7. The molecule has 0 radical (unpaired) electrons. The maximum Gasteiger partial charge on any atom is 0.310 e. The van der Waals surface area contributed by atoms with Gasteiger partial charge in [0.2, 0.25) is 0 Å². The SMILES string of the molecule is CCOC(=O)Cc1ccc(C)cc1OCc1cc(-c2cccc(C(CF)NS(=O)C(C)(C)C)c2)c2occc2c1. The zero-order valence-electron chi connectivity index (χ0n) is 23.6. The number of esters is 1. The lowest BCUT2D eigenvalue weighted by molar-refractivity contribution is -0.142. The summed E-state index contributed by atoms with van der Waals surface area (Å²) in [5, 5.41) is 0.909. The molecule has 0 fully saturated rings. The quantitative estimate of drug-likeness (QED) is 0.195. The molecule has 0 aliphatic carbocycles. The summed E-state index contributed by atoms with van der Waals surface area (Å²) < 4.78 is 46.3. The highest BCUT2D eigenvalue weighted by Crippen LogP contribution is 2.33. The molecule has 1 heterocycles. The number of rotatable bonds is 11. The van der Waals surface area contributed by atoms with Gasteiger partial charge in [-0.15, -0.1) is 0 Å². The normalized spacial score (nSPS) is 13.2. The Hall–Kier alpha value is -3.49. The molecular formula is C32H36FNO5S. The number of hydrogen-bond acceptors (Lipinski definition) is 5. The monoisotopic (exact) mass is 565 g/mol. The summed E-state index contributed by atoms with van der Waals surface area (Å²) in [4.78, 5) is 12.1. The summed E-state index contributed by atoms with van der Waals surface area (Å²) in [5.41, 5.74) is 5.79. The molecule has 0 aliphatic heterocycles. The Labute approximate surface area is 237 Å². The molecule has 0 spiro atoms. The summed E-state index contributed by atoms with van der Waals surface area (Å²) in [7, 11) is -1.42. The molecule has 0 bridgehead atoms. The van der Waals surface area contributed by atoms with Crippen molar-refractivity contribution < 1.29 is 27.3 Å². The molecule has 4 rings (SSSR count). The first-order valence-corrected chi connectivity index (χ1v) is 14.5. The molecule has 2 atom stereocenters. The number of furan rings is 1. The predicted molar refractivity (Wildman–Crippen MR) is 157 cm³/mol. The molecule has 3 aromatic carbocycles. The van der Waals surface area contributed by atoms with Crippen LogP contribution in [0.2, 0.25) is 0 Å². The molecule has 0 saturated heterocycles. The first kappa shape index (κ1) is 29.5. The number of carbonyl (C=O) groups is 1. The van der Waals surface area contributed by atoms with Crippen molar-refractivity contribution in [3.63, 3.8) is 0 Å². The van der Waals surface area contributed by atoms with Gasteiger partial charge in [-0.2, -0.15) is 0 Å². The average molecular weight is 566 g/mol. The molecule has 0 aliphatic rings. The molecular weight excluding hydrogens is 529 g/mol. The predicted octanol–water partition coefficient (Wildman–Crippen LogP) is 7.16. The zero-order valence-corrected chi connectivity index (χ0v) is 24.4. The van der Waals surface area contributed by atoms with Crippen LogP contribution in [0, 0.1) is 6.92 Å². The summed E-state index contributed by atoms with van der Waals surface area (Å²) in [5.74, 6) is 0.332. The van der Waals surface area contributed by atoms with E-state index in [9.17, 15) is 13.4 Å². The standard InChI is InChI=1S/C32H36FNO5S/c1-6-37-30(35)18-25-11-10-21(2)14-29(25)39-20-22-15-26-12-13-38-31(26)27(16-22)23-8-7-9-24(17-23)28(19-33)34-40(36)32(3,4)5/h7-17,28,34H,6,18-20H2,1-5H3. The maximum absolute atomic E-state index is 14.1. The van der Waals surface area contributed by atoms with Gasteiger partial charge in [0.1, 0.15) is 24.6 Å². The van der Waals surface area contributed by atoms with Gasteiger partial charge < -0.3 is 13.9 Å². The lowest BCUT2D eigenvalue weighted by Gasteiger charge is -2.23. The third-order valence-corrected chi connectivity index (χ3v) is 8.04. The van der Waals surface area contributed by atoms with E-state index in [1.807, 2.05) is 88.4 Å². The van der Waals surface area contributed by atoms with Crippen LogP contribution in [0.15, 0.2) is 71.3 Å². The Bertz CT molecular complexity index is 1510.